The molecule has 2 amide bonds. The van der Waals surface area contributed by atoms with Crippen molar-refractivity contribution < 1.29 is 9.59 Å². The summed E-state index contributed by atoms with van der Waals surface area (Å²) in [5.74, 6) is 0.163. The summed E-state index contributed by atoms with van der Waals surface area (Å²) >= 11 is 0. The van der Waals surface area contributed by atoms with Crippen molar-refractivity contribution in [2.75, 3.05) is 12.4 Å². The summed E-state index contributed by atoms with van der Waals surface area (Å²) in [5.41, 5.74) is 4.10. The van der Waals surface area contributed by atoms with Gasteiger partial charge in [-0.25, -0.2) is 0 Å². The Morgan fingerprint density at radius 1 is 1.15 bits per heavy atom. The number of carbonyl (C=O) groups is 2. The third-order valence-corrected chi connectivity index (χ3v) is 6.16. The van der Waals surface area contributed by atoms with Gasteiger partial charge in [0.1, 0.15) is 0 Å². The molecule has 2 aliphatic rings. The van der Waals surface area contributed by atoms with Crippen molar-refractivity contribution in [3.05, 3.63) is 65.2 Å². The predicted molar refractivity (Wildman–Crippen MR) is 102 cm³/mol. The fourth-order valence-corrected chi connectivity index (χ4v) is 4.66. The maximum atomic E-state index is 12.4. The van der Waals surface area contributed by atoms with E-state index >= 15 is 0 Å². The molecule has 0 radical (unpaired) electrons. The molecule has 4 heteroatoms. The van der Waals surface area contributed by atoms with Gasteiger partial charge in [0.2, 0.25) is 5.91 Å². The van der Waals surface area contributed by atoms with Crippen LogP contribution in [-0.2, 0) is 16.6 Å². The quantitative estimate of drug-likeness (QED) is 0.898. The molecular weight excluding hydrogens is 324 g/mol. The smallest absolute Gasteiger partial charge is 0.255 e. The van der Waals surface area contributed by atoms with Crippen LogP contribution in [0.1, 0.15) is 47.7 Å². The molecule has 1 aliphatic heterocycles. The number of amides is 2. The number of fused-ring (bicyclic) bond motifs is 3. The Balaban J connectivity index is 1.61. The van der Waals surface area contributed by atoms with Crippen LogP contribution in [0, 0.1) is 0 Å². The first-order chi connectivity index (χ1) is 12.5. The maximum Gasteiger partial charge on any atom is 0.255 e. The number of hydrogen-bond acceptors (Lipinski definition) is 2. The average molecular weight is 348 g/mol. The Morgan fingerprint density at radius 3 is 2.69 bits per heavy atom. The van der Waals surface area contributed by atoms with Crippen LogP contribution in [0.3, 0.4) is 0 Å². The number of likely N-dealkylation sites (tertiary alicyclic amines) is 1. The third-order valence-electron chi connectivity index (χ3n) is 6.16. The normalized spacial score (nSPS) is 24.6. The monoisotopic (exact) mass is 348 g/mol. The number of rotatable bonds is 2. The maximum absolute atomic E-state index is 12.4. The zero-order valence-corrected chi connectivity index (χ0v) is 15.3. The van der Waals surface area contributed by atoms with E-state index in [0.29, 0.717) is 12.0 Å². The summed E-state index contributed by atoms with van der Waals surface area (Å²) in [6, 6.07) is 15.8. The highest BCUT2D eigenvalue weighted by Crippen LogP contribution is 2.46. The second-order valence-electron chi connectivity index (χ2n) is 7.67. The summed E-state index contributed by atoms with van der Waals surface area (Å²) in [7, 11) is 1.93. The van der Waals surface area contributed by atoms with Crippen molar-refractivity contribution in [3.8, 4) is 0 Å². The number of nitrogens with zero attached hydrogens (tertiary/aromatic N) is 1. The number of likely N-dealkylation sites (N-methyl/N-ethyl adjacent to an activating group) is 1. The second-order valence-corrected chi connectivity index (χ2v) is 7.67. The Hall–Kier alpha value is -2.62. The van der Waals surface area contributed by atoms with Crippen molar-refractivity contribution in [1.29, 1.82) is 0 Å². The SMILES string of the molecule is CN1C(=O)CC[C@]2(C)c3ccc(NC(=O)c4ccccc4)cc3CC[C@@H]12. The van der Waals surface area contributed by atoms with E-state index in [-0.39, 0.29) is 23.3 Å². The van der Waals surface area contributed by atoms with Gasteiger partial charge in [0.05, 0.1) is 0 Å². The van der Waals surface area contributed by atoms with Crippen molar-refractivity contribution >= 4 is 17.5 Å². The number of anilines is 1. The molecule has 4 nitrogen and oxygen atoms in total. The van der Waals surface area contributed by atoms with Gasteiger partial charge < -0.3 is 10.2 Å². The van der Waals surface area contributed by atoms with E-state index in [2.05, 4.69) is 24.4 Å². The van der Waals surface area contributed by atoms with E-state index in [1.807, 2.05) is 48.3 Å². The molecule has 0 spiro atoms. The molecule has 1 N–H and O–H groups in total. The highest BCUT2D eigenvalue weighted by Gasteiger charge is 2.46. The number of benzene rings is 2. The molecule has 0 bridgehead atoms. The van der Waals surface area contributed by atoms with Crippen molar-refractivity contribution in [2.45, 2.75) is 44.1 Å². The molecule has 1 aliphatic carbocycles. The Labute approximate surface area is 154 Å². The van der Waals surface area contributed by atoms with Crippen LogP contribution in [0.5, 0.6) is 0 Å². The largest absolute Gasteiger partial charge is 0.342 e. The molecule has 26 heavy (non-hydrogen) atoms. The van der Waals surface area contributed by atoms with E-state index < -0.39 is 0 Å². The van der Waals surface area contributed by atoms with Gasteiger partial charge in [-0.05, 0) is 54.7 Å². The van der Waals surface area contributed by atoms with E-state index in [1.165, 1.54) is 11.1 Å². The number of aryl methyl sites for hydroxylation is 1. The molecule has 4 rings (SSSR count). The van der Waals surface area contributed by atoms with Gasteiger partial charge in [0, 0.05) is 36.2 Å². The van der Waals surface area contributed by atoms with Crippen molar-refractivity contribution in [1.82, 2.24) is 4.90 Å². The summed E-state index contributed by atoms with van der Waals surface area (Å²) < 4.78 is 0. The Kier molecular flexibility index (Phi) is 4.06. The van der Waals surface area contributed by atoms with Crippen LogP contribution in [0.4, 0.5) is 5.69 Å². The first kappa shape index (κ1) is 16.8. The Morgan fingerprint density at radius 2 is 1.92 bits per heavy atom. The molecule has 2 atom stereocenters. The van der Waals surface area contributed by atoms with Gasteiger partial charge in [-0.2, -0.15) is 0 Å². The molecule has 2 aromatic carbocycles. The van der Waals surface area contributed by atoms with Gasteiger partial charge in [0.15, 0.2) is 0 Å². The molecule has 1 saturated heterocycles. The average Bonchev–Trinajstić information content (AvgIpc) is 2.65. The summed E-state index contributed by atoms with van der Waals surface area (Å²) in [6.45, 7) is 2.28. The van der Waals surface area contributed by atoms with Gasteiger partial charge in [-0.1, -0.05) is 31.2 Å². The molecule has 0 unspecified atom stereocenters. The molecule has 0 saturated carbocycles. The number of nitrogens with one attached hydrogen (secondary N) is 1. The van der Waals surface area contributed by atoms with E-state index in [9.17, 15) is 9.59 Å². The minimum absolute atomic E-state index is 0.00177. The van der Waals surface area contributed by atoms with Crippen molar-refractivity contribution in [3.63, 3.8) is 0 Å². The number of hydrogen-bond donors (Lipinski definition) is 1. The lowest BCUT2D eigenvalue weighted by Crippen LogP contribution is -2.56. The number of carbonyl (C=O) groups excluding carboxylic acids is 2. The fourth-order valence-electron chi connectivity index (χ4n) is 4.66. The zero-order chi connectivity index (χ0) is 18.3. The summed E-state index contributed by atoms with van der Waals surface area (Å²) in [6.07, 6.45) is 3.41. The van der Waals surface area contributed by atoms with Gasteiger partial charge in [-0.3, -0.25) is 9.59 Å². The van der Waals surface area contributed by atoms with Gasteiger partial charge in [0.25, 0.3) is 5.91 Å². The fraction of sp³-hybridized carbons (Fsp3) is 0.364. The van der Waals surface area contributed by atoms with Gasteiger partial charge >= 0.3 is 0 Å². The first-order valence-electron chi connectivity index (χ1n) is 9.24. The van der Waals surface area contributed by atoms with Crippen LogP contribution in [0.25, 0.3) is 0 Å². The minimum Gasteiger partial charge on any atom is -0.342 e. The summed E-state index contributed by atoms with van der Waals surface area (Å²) in [4.78, 5) is 26.4. The molecule has 1 fully saturated rings. The summed E-state index contributed by atoms with van der Waals surface area (Å²) in [5, 5.41) is 3.01. The van der Waals surface area contributed by atoms with Crippen LogP contribution >= 0.6 is 0 Å². The van der Waals surface area contributed by atoms with E-state index in [0.717, 1.165) is 24.9 Å². The molecule has 134 valence electrons. The standard InChI is InChI=1S/C22H24N2O2/c1-22-13-12-20(25)24(2)19(22)11-8-16-14-17(9-10-18(16)22)23-21(26)15-6-4-3-5-7-15/h3-7,9-10,14,19H,8,11-13H2,1-2H3,(H,23,26)/t19-,22-/m1/s1. The van der Waals surface area contributed by atoms with Crippen LogP contribution in [0.15, 0.2) is 48.5 Å². The lowest BCUT2D eigenvalue weighted by Gasteiger charge is -2.50. The topological polar surface area (TPSA) is 49.4 Å². The minimum atomic E-state index is -0.0894. The van der Waals surface area contributed by atoms with Crippen LogP contribution < -0.4 is 5.32 Å². The molecule has 0 aromatic heterocycles. The van der Waals surface area contributed by atoms with Crippen LogP contribution in [0.2, 0.25) is 0 Å². The lowest BCUT2D eigenvalue weighted by atomic mass is 9.63. The highest BCUT2D eigenvalue weighted by atomic mass is 16.2. The molecule has 2 aromatic rings. The number of piperidine rings is 1. The molecule has 1 heterocycles. The van der Waals surface area contributed by atoms with Gasteiger partial charge in [-0.15, -0.1) is 0 Å². The van der Waals surface area contributed by atoms with Crippen LogP contribution in [-0.4, -0.2) is 29.8 Å². The Bertz CT molecular complexity index is 862. The second kappa shape index (κ2) is 6.27. The van der Waals surface area contributed by atoms with E-state index in [1.54, 1.807) is 0 Å². The third kappa shape index (κ3) is 2.70. The highest BCUT2D eigenvalue weighted by molar-refractivity contribution is 6.04. The zero-order valence-electron chi connectivity index (χ0n) is 15.3. The lowest BCUT2D eigenvalue weighted by molar-refractivity contribution is -0.138. The van der Waals surface area contributed by atoms with Crippen molar-refractivity contribution in [2.24, 2.45) is 0 Å². The first-order valence-corrected chi connectivity index (χ1v) is 9.24. The predicted octanol–water partition coefficient (Wildman–Crippen LogP) is 3.76. The van der Waals surface area contributed by atoms with E-state index in [4.69, 9.17) is 0 Å². The molecular formula is C22H24N2O2.